The number of hydrogen-bond acceptors (Lipinski definition) is 9. The number of carbonyl (C=O) groups excluding carboxylic acids is 2. The van der Waals surface area contributed by atoms with E-state index in [4.69, 9.17) is 4.74 Å². The third kappa shape index (κ3) is 4.94. The molecule has 3 rings (SSSR count). The zero-order valence-corrected chi connectivity index (χ0v) is 16.9. The molecule has 0 aliphatic heterocycles. The summed E-state index contributed by atoms with van der Waals surface area (Å²) < 4.78 is 31.6. The van der Waals surface area contributed by atoms with Crippen molar-refractivity contribution >= 4 is 28.0 Å². The molecule has 3 aromatic heterocycles. The molecule has 0 radical (unpaired) electrons. The summed E-state index contributed by atoms with van der Waals surface area (Å²) in [6, 6.07) is 2.99. The number of sulfonamides is 1. The third-order valence-electron chi connectivity index (χ3n) is 3.70. The topological polar surface area (TPSA) is 169 Å². The van der Waals surface area contributed by atoms with Crippen LogP contribution < -0.4 is 14.8 Å². The van der Waals surface area contributed by atoms with Crippen molar-refractivity contribution in [3.63, 3.8) is 0 Å². The monoisotopic (exact) mass is 431 g/mol. The van der Waals surface area contributed by atoms with Gasteiger partial charge in [-0.15, -0.1) is 0 Å². The lowest BCUT2D eigenvalue weighted by Crippen LogP contribution is -2.35. The summed E-state index contributed by atoms with van der Waals surface area (Å²) in [5.74, 6) is -0.849. The number of aromatic amines is 1. The Balaban J connectivity index is 1.66. The SMILES string of the molecule is Cc1cc(C)nc(NC(=O)NS(=O)(=O)c2ccc(OC(=O)c3c[nH]nc3C)nc2)n1. The van der Waals surface area contributed by atoms with Crippen LogP contribution in [0.1, 0.15) is 27.4 Å². The molecule has 3 heterocycles. The number of esters is 1. The fraction of sp³-hybridized carbons (Fsp3) is 0.176. The van der Waals surface area contributed by atoms with Crippen molar-refractivity contribution < 1.29 is 22.7 Å². The van der Waals surface area contributed by atoms with Gasteiger partial charge < -0.3 is 4.74 Å². The average molecular weight is 431 g/mol. The average Bonchev–Trinajstić information content (AvgIpc) is 3.06. The predicted octanol–water partition coefficient (Wildman–Crippen LogP) is 1.25. The van der Waals surface area contributed by atoms with Crippen molar-refractivity contribution in [3.8, 4) is 5.88 Å². The minimum Gasteiger partial charge on any atom is -0.404 e. The number of H-pyrrole nitrogens is 1. The standard InChI is InChI=1S/C17H17N7O5S/c1-9-6-10(2)21-16(20-9)22-17(26)24-30(27,28)12-4-5-14(18-7-12)29-15(25)13-8-19-23-11(13)3/h4-8H,1-3H3,(H,19,23)(H2,20,21,22,24,26). The van der Waals surface area contributed by atoms with Crippen molar-refractivity contribution in [2.75, 3.05) is 5.32 Å². The number of ether oxygens (including phenoxy) is 1. The Morgan fingerprint density at radius 3 is 2.37 bits per heavy atom. The molecule has 3 aromatic rings. The van der Waals surface area contributed by atoms with Crippen LogP contribution >= 0.6 is 0 Å². The number of aromatic nitrogens is 5. The molecule has 30 heavy (non-hydrogen) atoms. The fourth-order valence-electron chi connectivity index (χ4n) is 2.39. The Hall–Kier alpha value is -3.87. The molecule has 0 bridgehead atoms. The molecular formula is C17H17N7O5S. The lowest BCUT2D eigenvalue weighted by atomic mass is 10.3. The number of aryl methyl sites for hydroxylation is 3. The number of hydrogen-bond donors (Lipinski definition) is 3. The summed E-state index contributed by atoms with van der Waals surface area (Å²) in [5.41, 5.74) is 1.89. The van der Waals surface area contributed by atoms with Gasteiger partial charge in [0.15, 0.2) is 0 Å². The van der Waals surface area contributed by atoms with Gasteiger partial charge in [0.25, 0.3) is 10.0 Å². The van der Waals surface area contributed by atoms with E-state index in [0.717, 1.165) is 12.3 Å². The molecule has 0 saturated carbocycles. The van der Waals surface area contributed by atoms with Crippen molar-refractivity contribution in [2.45, 2.75) is 25.7 Å². The van der Waals surface area contributed by atoms with Gasteiger partial charge in [0.2, 0.25) is 11.8 Å². The van der Waals surface area contributed by atoms with Gasteiger partial charge in [0.05, 0.1) is 11.9 Å². The minimum absolute atomic E-state index is 0.0323. The molecular weight excluding hydrogens is 414 g/mol. The smallest absolute Gasteiger partial charge is 0.348 e. The second kappa shape index (κ2) is 8.24. The first-order chi connectivity index (χ1) is 14.1. The molecule has 3 N–H and O–H groups in total. The van der Waals surface area contributed by atoms with E-state index in [1.165, 1.54) is 12.3 Å². The first kappa shape index (κ1) is 20.9. The Morgan fingerprint density at radius 2 is 1.80 bits per heavy atom. The first-order valence-corrected chi connectivity index (χ1v) is 9.97. The van der Waals surface area contributed by atoms with Crippen LogP contribution in [0.2, 0.25) is 0 Å². The van der Waals surface area contributed by atoms with Gasteiger partial charge in [0.1, 0.15) is 10.5 Å². The van der Waals surface area contributed by atoms with Gasteiger partial charge in [-0.05, 0) is 32.9 Å². The van der Waals surface area contributed by atoms with E-state index in [2.05, 4.69) is 30.5 Å². The van der Waals surface area contributed by atoms with E-state index in [1.807, 2.05) is 4.72 Å². The molecule has 156 valence electrons. The van der Waals surface area contributed by atoms with Gasteiger partial charge >= 0.3 is 12.0 Å². The molecule has 0 spiro atoms. The molecule has 12 nitrogen and oxygen atoms in total. The molecule has 0 aliphatic carbocycles. The minimum atomic E-state index is -4.23. The van der Waals surface area contributed by atoms with Crippen molar-refractivity contribution in [2.24, 2.45) is 0 Å². The zero-order valence-electron chi connectivity index (χ0n) is 16.1. The van der Waals surface area contributed by atoms with Crippen molar-refractivity contribution in [1.82, 2.24) is 29.9 Å². The largest absolute Gasteiger partial charge is 0.404 e. The van der Waals surface area contributed by atoms with E-state index in [9.17, 15) is 18.0 Å². The maximum absolute atomic E-state index is 12.4. The summed E-state index contributed by atoms with van der Waals surface area (Å²) in [6.45, 7) is 5.04. The molecule has 2 amide bonds. The Bertz CT molecular complexity index is 1190. The highest BCUT2D eigenvalue weighted by Gasteiger charge is 2.20. The second-order valence-electron chi connectivity index (χ2n) is 6.14. The van der Waals surface area contributed by atoms with E-state index >= 15 is 0 Å². The number of carbonyl (C=O) groups is 2. The van der Waals surface area contributed by atoms with Gasteiger partial charge in [0, 0.05) is 23.7 Å². The number of nitrogens with one attached hydrogen (secondary N) is 3. The highest BCUT2D eigenvalue weighted by atomic mass is 32.2. The number of amides is 2. The maximum Gasteiger partial charge on any atom is 0.348 e. The van der Waals surface area contributed by atoms with Crippen LogP contribution in [-0.2, 0) is 10.0 Å². The van der Waals surface area contributed by atoms with Crippen LogP contribution in [-0.4, -0.2) is 45.6 Å². The number of rotatable bonds is 5. The Kier molecular flexibility index (Phi) is 5.73. The van der Waals surface area contributed by atoms with Crippen LogP contribution in [0.4, 0.5) is 10.7 Å². The quantitative estimate of drug-likeness (QED) is 0.503. The van der Waals surface area contributed by atoms with Crippen LogP contribution in [0, 0.1) is 20.8 Å². The summed E-state index contributed by atoms with van der Waals surface area (Å²) in [6.07, 6.45) is 2.33. The normalized spacial score (nSPS) is 11.0. The second-order valence-corrected chi connectivity index (χ2v) is 7.82. The first-order valence-electron chi connectivity index (χ1n) is 8.49. The van der Waals surface area contributed by atoms with E-state index < -0.39 is 22.0 Å². The lowest BCUT2D eigenvalue weighted by molar-refractivity contribution is 0.0726. The third-order valence-corrected chi connectivity index (χ3v) is 5.02. The summed E-state index contributed by atoms with van der Waals surface area (Å²) in [5, 5.41) is 8.60. The summed E-state index contributed by atoms with van der Waals surface area (Å²) >= 11 is 0. The molecule has 13 heteroatoms. The molecule has 0 fully saturated rings. The Morgan fingerprint density at radius 1 is 1.10 bits per heavy atom. The van der Waals surface area contributed by atoms with Crippen LogP contribution in [0.25, 0.3) is 0 Å². The van der Waals surface area contributed by atoms with Gasteiger partial charge in [-0.1, -0.05) is 0 Å². The maximum atomic E-state index is 12.4. The van der Waals surface area contributed by atoms with Crippen LogP contribution in [0.3, 0.4) is 0 Å². The fourth-order valence-corrected chi connectivity index (χ4v) is 3.24. The lowest BCUT2D eigenvalue weighted by Gasteiger charge is -2.09. The number of urea groups is 1. The van der Waals surface area contributed by atoms with Crippen LogP contribution in [0.5, 0.6) is 5.88 Å². The van der Waals surface area contributed by atoms with Crippen LogP contribution in [0.15, 0.2) is 35.5 Å². The van der Waals surface area contributed by atoms with E-state index in [0.29, 0.717) is 17.1 Å². The Labute approximate surface area is 171 Å². The molecule has 0 saturated heterocycles. The molecule has 0 unspecified atom stereocenters. The van der Waals surface area contributed by atoms with E-state index in [1.54, 1.807) is 26.8 Å². The number of nitrogens with zero attached hydrogens (tertiary/aromatic N) is 4. The summed E-state index contributed by atoms with van der Waals surface area (Å²) in [7, 11) is -4.23. The highest BCUT2D eigenvalue weighted by Crippen LogP contribution is 2.15. The van der Waals surface area contributed by atoms with E-state index in [-0.39, 0.29) is 22.3 Å². The predicted molar refractivity (Wildman–Crippen MR) is 103 cm³/mol. The zero-order chi connectivity index (χ0) is 21.9. The van der Waals surface area contributed by atoms with Crippen molar-refractivity contribution in [3.05, 3.63) is 53.2 Å². The van der Waals surface area contributed by atoms with Gasteiger partial charge in [-0.25, -0.2) is 37.7 Å². The van der Waals surface area contributed by atoms with Gasteiger partial charge in [-0.3, -0.25) is 10.4 Å². The molecule has 0 aromatic carbocycles. The highest BCUT2D eigenvalue weighted by molar-refractivity contribution is 7.90. The molecule has 0 atom stereocenters. The van der Waals surface area contributed by atoms with Crippen molar-refractivity contribution in [1.29, 1.82) is 0 Å². The number of pyridine rings is 1. The number of anilines is 1. The molecule has 0 aliphatic rings. The van der Waals surface area contributed by atoms with Gasteiger partial charge in [-0.2, -0.15) is 5.10 Å². The summed E-state index contributed by atoms with van der Waals surface area (Å²) in [4.78, 5) is 35.5.